The van der Waals surface area contributed by atoms with Gasteiger partial charge in [-0.3, -0.25) is 4.90 Å². The van der Waals surface area contributed by atoms with E-state index in [1.165, 1.54) is 5.56 Å². The molecule has 0 amide bonds. The zero-order chi connectivity index (χ0) is 13.6. The molecule has 0 atom stereocenters. The van der Waals surface area contributed by atoms with E-state index in [1.54, 1.807) is 0 Å². The highest BCUT2D eigenvalue weighted by Gasteiger charge is 2.19. The van der Waals surface area contributed by atoms with Gasteiger partial charge in [0.25, 0.3) is 0 Å². The van der Waals surface area contributed by atoms with Gasteiger partial charge in [0.05, 0.1) is 11.6 Å². The molecule has 0 spiro atoms. The lowest BCUT2D eigenvalue weighted by Gasteiger charge is -2.31. The highest BCUT2D eigenvalue weighted by molar-refractivity contribution is 5.31. The molecule has 0 aromatic heterocycles. The van der Waals surface area contributed by atoms with E-state index in [9.17, 15) is 0 Å². The van der Waals surface area contributed by atoms with Gasteiger partial charge in [-0.2, -0.15) is 5.26 Å². The first-order valence-corrected chi connectivity index (χ1v) is 6.42. The highest BCUT2D eigenvalue weighted by atomic mass is 15.1. The molecule has 0 unspecified atom stereocenters. The summed E-state index contributed by atoms with van der Waals surface area (Å²) in [6.07, 6.45) is 0. The van der Waals surface area contributed by atoms with E-state index in [0.717, 1.165) is 19.6 Å². The van der Waals surface area contributed by atoms with E-state index in [0.29, 0.717) is 12.1 Å². The second-order valence-corrected chi connectivity index (χ2v) is 5.48. The Morgan fingerprint density at radius 3 is 2.33 bits per heavy atom. The number of nitriles is 1. The second-order valence-electron chi connectivity index (χ2n) is 5.48. The maximum Gasteiger partial charge on any atom is 0.0991 e. The SMILES string of the molecule is CCN(Cc1ccc(C#N)cc1)CC(C)(C)CN. The fourth-order valence-corrected chi connectivity index (χ4v) is 1.89. The normalized spacial score (nSPS) is 11.6. The van der Waals surface area contributed by atoms with E-state index < -0.39 is 0 Å². The summed E-state index contributed by atoms with van der Waals surface area (Å²) in [4.78, 5) is 2.38. The van der Waals surface area contributed by atoms with E-state index in [-0.39, 0.29) is 5.41 Å². The lowest BCUT2D eigenvalue weighted by atomic mass is 9.93. The van der Waals surface area contributed by atoms with Gasteiger partial charge in [0.2, 0.25) is 0 Å². The van der Waals surface area contributed by atoms with Crippen LogP contribution >= 0.6 is 0 Å². The van der Waals surface area contributed by atoms with Crippen LogP contribution in [0.15, 0.2) is 24.3 Å². The molecule has 0 fully saturated rings. The van der Waals surface area contributed by atoms with Crippen LogP contribution in [0.1, 0.15) is 31.9 Å². The summed E-state index contributed by atoms with van der Waals surface area (Å²) in [7, 11) is 0. The molecule has 98 valence electrons. The molecule has 0 aliphatic rings. The molecule has 2 N–H and O–H groups in total. The third-order valence-corrected chi connectivity index (χ3v) is 3.14. The van der Waals surface area contributed by atoms with Gasteiger partial charge in [-0.25, -0.2) is 0 Å². The molecule has 18 heavy (non-hydrogen) atoms. The van der Waals surface area contributed by atoms with E-state index in [1.807, 2.05) is 24.3 Å². The molecule has 3 heteroatoms. The van der Waals surface area contributed by atoms with Gasteiger partial charge in [-0.05, 0) is 36.2 Å². The lowest BCUT2D eigenvalue weighted by Crippen LogP contribution is -2.38. The van der Waals surface area contributed by atoms with Crippen molar-refractivity contribution in [3.05, 3.63) is 35.4 Å². The minimum absolute atomic E-state index is 0.141. The summed E-state index contributed by atoms with van der Waals surface area (Å²) in [5, 5.41) is 8.77. The van der Waals surface area contributed by atoms with E-state index in [4.69, 9.17) is 11.0 Å². The van der Waals surface area contributed by atoms with E-state index >= 15 is 0 Å². The standard InChI is InChI=1S/C15H23N3/c1-4-18(12-15(2,3)11-17)10-14-7-5-13(9-16)6-8-14/h5-8H,4,10-12,17H2,1-3H3. The van der Waals surface area contributed by atoms with Crippen LogP contribution in [0.2, 0.25) is 0 Å². The molecule has 0 bridgehead atoms. The summed E-state index contributed by atoms with van der Waals surface area (Å²) in [6.45, 7) is 10.1. The van der Waals surface area contributed by atoms with Gasteiger partial charge in [0, 0.05) is 13.1 Å². The summed E-state index contributed by atoms with van der Waals surface area (Å²) in [5.41, 5.74) is 7.87. The van der Waals surface area contributed by atoms with Gasteiger partial charge in [-0.15, -0.1) is 0 Å². The molecule has 1 rings (SSSR count). The van der Waals surface area contributed by atoms with Crippen molar-refractivity contribution >= 4 is 0 Å². The predicted octanol–water partition coefficient (Wildman–Crippen LogP) is 2.37. The van der Waals surface area contributed by atoms with Crippen LogP contribution in [0.25, 0.3) is 0 Å². The maximum atomic E-state index is 8.77. The number of nitrogens with two attached hydrogens (primary N) is 1. The Kier molecular flexibility index (Phi) is 5.33. The minimum Gasteiger partial charge on any atom is -0.330 e. The van der Waals surface area contributed by atoms with Crippen molar-refractivity contribution in [2.24, 2.45) is 11.1 Å². The van der Waals surface area contributed by atoms with Crippen LogP contribution in [-0.2, 0) is 6.54 Å². The summed E-state index contributed by atoms with van der Waals surface area (Å²) < 4.78 is 0. The summed E-state index contributed by atoms with van der Waals surface area (Å²) >= 11 is 0. The third-order valence-electron chi connectivity index (χ3n) is 3.14. The third kappa shape index (κ3) is 4.48. The van der Waals surface area contributed by atoms with Gasteiger partial charge in [0.15, 0.2) is 0 Å². The van der Waals surface area contributed by atoms with Crippen LogP contribution in [0.5, 0.6) is 0 Å². The zero-order valence-electron chi connectivity index (χ0n) is 11.6. The number of benzene rings is 1. The van der Waals surface area contributed by atoms with Crippen molar-refractivity contribution in [2.45, 2.75) is 27.3 Å². The molecule has 0 saturated heterocycles. The van der Waals surface area contributed by atoms with Crippen molar-refractivity contribution in [1.82, 2.24) is 4.90 Å². The van der Waals surface area contributed by atoms with Crippen molar-refractivity contribution in [3.8, 4) is 6.07 Å². The number of hydrogen-bond acceptors (Lipinski definition) is 3. The molecule has 0 saturated carbocycles. The Hall–Kier alpha value is -1.37. The topological polar surface area (TPSA) is 53.0 Å². The molecule has 1 aromatic rings. The Morgan fingerprint density at radius 2 is 1.89 bits per heavy atom. The zero-order valence-corrected chi connectivity index (χ0v) is 11.6. The Labute approximate surface area is 110 Å². The summed E-state index contributed by atoms with van der Waals surface area (Å²) in [6, 6.07) is 9.93. The van der Waals surface area contributed by atoms with Gasteiger partial charge >= 0.3 is 0 Å². The smallest absolute Gasteiger partial charge is 0.0991 e. The fraction of sp³-hybridized carbons (Fsp3) is 0.533. The lowest BCUT2D eigenvalue weighted by molar-refractivity contribution is 0.183. The number of hydrogen-bond donors (Lipinski definition) is 1. The van der Waals surface area contributed by atoms with Gasteiger partial charge < -0.3 is 5.73 Å². The maximum absolute atomic E-state index is 8.77. The Balaban J connectivity index is 2.65. The van der Waals surface area contributed by atoms with Crippen molar-refractivity contribution < 1.29 is 0 Å². The largest absolute Gasteiger partial charge is 0.330 e. The Bertz CT molecular complexity index is 401. The molecule has 3 nitrogen and oxygen atoms in total. The van der Waals surface area contributed by atoms with Crippen molar-refractivity contribution in [2.75, 3.05) is 19.6 Å². The molecule has 0 heterocycles. The summed E-state index contributed by atoms with van der Waals surface area (Å²) in [5.74, 6) is 0. The van der Waals surface area contributed by atoms with Crippen LogP contribution in [-0.4, -0.2) is 24.5 Å². The molecule has 0 aliphatic carbocycles. The number of nitrogens with zero attached hydrogens (tertiary/aromatic N) is 2. The van der Waals surface area contributed by atoms with Crippen molar-refractivity contribution in [1.29, 1.82) is 5.26 Å². The molecular formula is C15H23N3. The first-order valence-electron chi connectivity index (χ1n) is 6.42. The first-order chi connectivity index (χ1) is 8.50. The van der Waals surface area contributed by atoms with Gasteiger partial charge in [0.1, 0.15) is 0 Å². The highest BCUT2D eigenvalue weighted by Crippen LogP contribution is 2.16. The minimum atomic E-state index is 0.141. The average Bonchev–Trinajstić information content (AvgIpc) is 2.38. The monoisotopic (exact) mass is 245 g/mol. The quantitative estimate of drug-likeness (QED) is 0.837. The number of rotatable bonds is 6. The first kappa shape index (κ1) is 14.7. The predicted molar refractivity (Wildman–Crippen MR) is 74.9 cm³/mol. The second kappa shape index (κ2) is 6.53. The molecule has 0 radical (unpaired) electrons. The van der Waals surface area contributed by atoms with E-state index in [2.05, 4.69) is 31.7 Å². The average molecular weight is 245 g/mol. The molecular weight excluding hydrogens is 222 g/mol. The van der Waals surface area contributed by atoms with Gasteiger partial charge in [-0.1, -0.05) is 32.9 Å². The van der Waals surface area contributed by atoms with Crippen LogP contribution in [0, 0.1) is 16.7 Å². The molecule has 1 aromatic carbocycles. The van der Waals surface area contributed by atoms with Crippen LogP contribution < -0.4 is 5.73 Å². The Morgan fingerprint density at radius 1 is 1.28 bits per heavy atom. The van der Waals surface area contributed by atoms with Crippen molar-refractivity contribution in [3.63, 3.8) is 0 Å². The fourth-order valence-electron chi connectivity index (χ4n) is 1.89. The van der Waals surface area contributed by atoms with Crippen LogP contribution in [0.4, 0.5) is 0 Å². The van der Waals surface area contributed by atoms with Crippen LogP contribution in [0.3, 0.4) is 0 Å². The molecule has 0 aliphatic heterocycles.